The van der Waals surface area contributed by atoms with E-state index in [-0.39, 0.29) is 23.5 Å². The fourth-order valence-electron chi connectivity index (χ4n) is 2.60. The molecule has 1 unspecified atom stereocenters. The van der Waals surface area contributed by atoms with Crippen molar-refractivity contribution in [3.63, 3.8) is 0 Å². The summed E-state index contributed by atoms with van der Waals surface area (Å²) in [7, 11) is -3.95. The standard InChI is InChI=1S/C19H21FN2O5S/c1-4-27-19(24)14-8-7-9-15(12-14)21-18(23)13(2)22(28(3,25)26)17-11-6-5-10-16(17)20/h5-13H,4H2,1-3H3,(H,21,23). The van der Waals surface area contributed by atoms with E-state index in [0.29, 0.717) is 4.31 Å². The van der Waals surface area contributed by atoms with Crippen molar-refractivity contribution >= 4 is 33.3 Å². The smallest absolute Gasteiger partial charge is 0.338 e. The monoisotopic (exact) mass is 408 g/mol. The lowest BCUT2D eigenvalue weighted by molar-refractivity contribution is -0.116. The van der Waals surface area contributed by atoms with Crippen molar-refractivity contribution in [2.75, 3.05) is 22.5 Å². The highest BCUT2D eigenvalue weighted by atomic mass is 32.2. The Morgan fingerprint density at radius 2 is 1.86 bits per heavy atom. The molecule has 2 aromatic rings. The Kier molecular flexibility index (Phi) is 6.74. The summed E-state index contributed by atoms with van der Waals surface area (Å²) in [6, 6.07) is 10.1. The SMILES string of the molecule is CCOC(=O)c1cccc(NC(=O)C(C)N(c2ccccc2F)S(C)(=O)=O)c1. The molecule has 0 heterocycles. The molecule has 0 saturated carbocycles. The lowest BCUT2D eigenvalue weighted by Crippen LogP contribution is -2.45. The van der Waals surface area contributed by atoms with Gasteiger partial charge < -0.3 is 10.1 Å². The van der Waals surface area contributed by atoms with Crippen molar-refractivity contribution in [3.8, 4) is 0 Å². The van der Waals surface area contributed by atoms with E-state index in [4.69, 9.17) is 4.74 Å². The largest absolute Gasteiger partial charge is 0.462 e. The van der Waals surface area contributed by atoms with Gasteiger partial charge in [-0.1, -0.05) is 18.2 Å². The molecule has 9 heteroatoms. The lowest BCUT2D eigenvalue weighted by Gasteiger charge is -2.28. The number of carbonyl (C=O) groups excluding carboxylic acids is 2. The van der Waals surface area contributed by atoms with Gasteiger partial charge in [0.05, 0.1) is 24.1 Å². The van der Waals surface area contributed by atoms with E-state index in [1.807, 2.05) is 0 Å². The molecule has 1 amide bonds. The number of nitrogens with zero attached hydrogens (tertiary/aromatic N) is 1. The van der Waals surface area contributed by atoms with Gasteiger partial charge in [-0.05, 0) is 44.2 Å². The number of ether oxygens (including phenoxy) is 1. The second-order valence-corrected chi connectivity index (χ2v) is 7.84. The number of esters is 1. The summed E-state index contributed by atoms with van der Waals surface area (Å²) < 4.78 is 44.2. The van der Waals surface area contributed by atoms with Gasteiger partial charge in [0, 0.05) is 5.69 Å². The minimum absolute atomic E-state index is 0.207. The Morgan fingerprint density at radius 3 is 2.46 bits per heavy atom. The topological polar surface area (TPSA) is 92.8 Å². The van der Waals surface area contributed by atoms with E-state index in [1.54, 1.807) is 19.1 Å². The second-order valence-electron chi connectivity index (χ2n) is 5.98. The maximum absolute atomic E-state index is 14.1. The van der Waals surface area contributed by atoms with Crippen LogP contribution in [-0.2, 0) is 19.6 Å². The zero-order valence-electron chi connectivity index (χ0n) is 15.7. The number of halogens is 1. The summed E-state index contributed by atoms with van der Waals surface area (Å²) in [5.74, 6) is -2.00. The van der Waals surface area contributed by atoms with Crippen LogP contribution in [-0.4, -0.2) is 39.2 Å². The molecule has 0 aromatic heterocycles. The fourth-order valence-corrected chi connectivity index (χ4v) is 3.77. The Morgan fingerprint density at radius 1 is 1.18 bits per heavy atom. The number of rotatable bonds is 7. The molecule has 0 aliphatic carbocycles. The molecule has 150 valence electrons. The van der Waals surface area contributed by atoms with E-state index in [2.05, 4.69) is 5.32 Å². The van der Waals surface area contributed by atoms with E-state index >= 15 is 0 Å². The first-order valence-electron chi connectivity index (χ1n) is 8.47. The van der Waals surface area contributed by atoms with Crippen molar-refractivity contribution in [2.24, 2.45) is 0 Å². The minimum Gasteiger partial charge on any atom is -0.462 e. The van der Waals surface area contributed by atoms with Crippen LogP contribution < -0.4 is 9.62 Å². The van der Waals surface area contributed by atoms with E-state index in [0.717, 1.165) is 12.3 Å². The number of hydrogen-bond acceptors (Lipinski definition) is 5. The first-order chi connectivity index (χ1) is 13.1. The van der Waals surface area contributed by atoms with Crippen molar-refractivity contribution in [1.82, 2.24) is 0 Å². The summed E-state index contributed by atoms with van der Waals surface area (Å²) in [6.07, 6.45) is 0.893. The highest BCUT2D eigenvalue weighted by Gasteiger charge is 2.31. The van der Waals surface area contributed by atoms with Gasteiger partial charge in [-0.15, -0.1) is 0 Å². The molecule has 1 atom stereocenters. The van der Waals surface area contributed by atoms with Gasteiger partial charge in [-0.3, -0.25) is 9.10 Å². The number of para-hydroxylation sites is 1. The van der Waals surface area contributed by atoms with Gasteiger partial charge >= 0.3 is 5.97 Å². The van der Waals surface area contributed by atoms with Crippen LogP contribution in [0.25, 0.3) is 0 Å². The fraction of sp³-hybridized carbons (Fsp3) is 0.263. The molecule has 0 bridgehead atoms. The van der Waals surface area contributed by atoms with Crippen LogP contribution in [0.3, 0.4) is 0 Å². The zero-order chi connectivity index (χ0) is 20.9. The van der Waals surface area contributed by atoms with E-state index in [9.17, 15) is 22.4 Å². The third-order valence-corrected chi connectivity index (χ3v) is 5.05. The van der Waals surface area contributed by atoms with Crippen LogP contribution in [0.4, 0.5) is 15.8 Å². The molecule has 0 radical (unpaired) electrons. The molecule has 0 fully saturated rings. The van der Waals surface area contributed by atoms with Crippen molar-refractivity contribution in [1.29, 1.82) is 0 Å². The lowest BCUT2D eigenvalue weighted by atomic mass is 10.2. The zero-order valence-corrected chi connectivity index (χ0v) is 16.5. The van der Waals surface area contributed by atoms with Crippen LogP contribution in [0.5, 0.6) is 0 Å². The normalized spacial score (nSPS) is 12.1. The number of amides is 1. The molecular formula is C19H21FN2O5S. The number of sulfonamides is 1. The summed E-state index contributed by atoms with van der Waals surface area (Å²) in [6.45, 7) is 3.23. The minimum atomic E-state index is -3.95. The maximum Gasteiger partial charge on any atom is 0.338 e. The molecule has 0 aliphatic rings. The second kappa shape index (κ2) is 8.83. The number of hydrogen-bond donors (Lipinski definition) is 1. The van der Waals surface area contributed by atoms with Gasteiger partial charge in [0.25, 0.3) is 0 Å². The van der Waals surface area contributed by atoms with Crippen LogP contribution in [0.1, 0.15) is 24.2 Å². The molecule has 2 aromatic carbocycles. The molecule has 2 rings (SSSR count). The van der Waals surface area contributed by atoms with Gasteiger partial charge in [-0.25, -0.2) is 17.6 Å². The van der Waals surface area contributed by atoms with Crippen LogP contribution in [0, 0.1) is 5.82 Å². The number of nitrogens with one attached hydrogen (secondary N) is 1. The molecule has 0 saturated heterocycles. The quantitative estimate of drug-likeness (QED) is 0.711. The van der Waals surface area contributed by atoms with Crippen molar-refractivity contribution in [3.05, 3.63) is 59.9 Å². The van der Waals surface area contributed by atoms with Gasteiger partial charge in [0.15, 0.2) is 0 Å². The number of benzene rings is 2. The van der Waals surface area contributed by atoms with E-state index in [1.165, 1.54) is 37.3 Å². The molecular weight excluding hydrogens is 387 g/mol. The summed E-state index contributed by atoms with van der Waals surface area (Å²) in [4.78, 5) is 24.5. The van der Waals surface area contributed by atoms with Gasteiger partial charge in [0.2, 0.25) is 15.9 Å². The highest BCUT2D eigenvalue weighted by Crippen LogP contribution is 2.24. The van der Waals surface area contributed by atoms with Crippen LogP contribution in [0.2, 0.25) is 0 Å². The Hall–Kier alpha value is -2.94. The predicted molar refractivity (Wildman–Crippen MR) is 104 cm³/mol. The average molecular weight is 408 g/mol. The van der Waals surface area contributed by atoms with Gasteiger partial charge in [-0.2, -0.15) is 0 Å². The van der Waals surface area contributed by atoms with E-state index < -0.39 is 33.8 Å². The molecule has 28 heavy (non-hydrogen) atoms. The Bertz CT molecular complexity index is 978. The van der Waals surface area contributed by atoms with Crippen LogP contribution in [0.15, 0.2) is 48.5 Å². The van der Waals surface area contributed by atoms with Gasteiger partial charge in [0.1, 0.15) is 11.9 Å². The first kappa shape index (κ1) is 21.4. The molecule has 7 nitrogen and oxygen atoms in total. The molecule has 1 N–H and O–H groups in total. The third-order valence-electron chi connectivity index (χ3n) is 3.82. The van der Waals surface area contributed by atoms with Crippen molar-refractivity contribution < 1.29 is 27.1 Å². The Labute approximate surface area is 163 Å². The molecule has 0 spiro atoms. The number of anilines is 2. The molecule has 0 aliphatic heterocycles. The third kappa shape index (κ3) is 5.07. The number of carbonyl (C=O) groups is 2. The predicted octanol–water partition coefficient (Wildman–Crippen LogP) is 2.80. The maximum atomic E-state index is 14.1. The van der Waals surface area contributed by atoms with Crippen molar-refractivity contribution in [2.45, 2.75) is 19.9 Å². The average Bonchev–Trinajstić information content (AvgIpc) is 2.62. The summed E-state index contributed by atoms with van der Waals surface area (Å²) in [5.41, 5.74) is 0.290. The Balaban J connectivity index is 2.28. The highest BCUT2D eigenvalue weighted by molar-refractivity contribution is 7.92. The summed E-state index contributed by atoms with van der Waals surface area (Å²) >= 11 is 0. The summed E-state index contributed by atoms with van der Waals surface area (Å²) in [5, 5.41) is 2.55. The first-order valence-corrected chi connectivity index (χ1v) is 10.3. The van der Waals surface area contributed by atoms with Crippen LogP contribution >= 0.6 is 0 Å².